The molecule has 1 aromatic carbocycles. The minimum absolute atomic E-state index is 0.0503. The van der Waals surface area contributed by atoms with Crippen LogP contribution in [0.15, 0.2) is 34.5 Å². The number of nitrogens with two attached hydrogens (primary N) is 6. The first kappa shape index (κ1) is 45.3. The third-order valence-corrected chi connectivity index (χ3v) is 5.39. The van der Waals surface area contributed by atoms with Gasteiger partial charge in [-0.05, 0) is 38.4 Å². The van der Waals surface area contributed by atoms with Gasteiger partial charge in [0, 0.05) is 36.1 Å². The SMILES string of the molecule is CC(C)(CN)COCC(C)(C)CNCCCOCCOCCN.CCc1ccc(/C(N)=N/N=C(/C)N)cc1.NC=O.NC=O. The number of rotatable bonds is 19. The zero-order valence-electron chi connectivity index (χ0n) is 27.8. The lowest BCUT2D eigenvalue weighted by Gasteiger charge is -2.28. The van der Waals surface area contributed by atoms with Crippen LogP contribution in [0.1, 0.15) is 59.1 Å². The molecular weight excluding hydrogens is 566 g/mol. The Morgan fingerprint density at radius 3 is 1.84 bits per heavy atom. The van der Waals surface area contributed by atoms with Gasteiger partial charge < -0.3 is 53.9 Å². The fourth-order valence-electron chi connectivity index (χ4n) is 2.95. The molecular formula is C30H61N9O5. The van der Waals surface area contributed by atoms with E-state index in [4.69, 9.17) is 46.7 Å². The van der Waals surface area contributed by atoms with E-state index in [0.717, 1.165) is 44.7 Å². The Hall–Kier alpha value is -3.14. The smallest absolute Gasteiger partial charge is 0.204 e. The van der Waals surface area contributed by atoms with Crippen LogP contribution in [0.5, 0.6) is 0 Å². The molecule has 0 aliphatic rings. The molecule has 0 radical (unpaired) electrons. The molecule has 0 spiro atoms. The van der Waals surface area contributed by atoms with E-state index < -0.39 is 0 Å². The molecule has 0 bridgehead atoms. The molecule has 0 aliphatic heterocycles. The minimum atomic E-state index is 0.0503. The Labute approximate surface area is 264 Å². The van der Waals surface area contributed by atoms with Gasteiger partial charge in [0.2, 0.25) is 12.8 Å². The summed E-state index contributed by atoms with van der Waals surface area (Å²) in [5, 5.41) is 11.0. The van der Waals surface area contributed by atoms with E-state index in [-0.39, 0.29) is 23.7 Å². The molecule has 44 heavy (non-hydrogen) atoms. The van der Waals surface area contributed by atoms with Crippen molar-refractivity contribution in [2.24, 2.45) is 55.4 Å². The van der Waals surface area contributed by atoms with Crippen LogP contribution in [0.3, 0.4) is 0 Å². The van der Waals surface area contributed by atoms with Crippen molar-refractivity contribution >= 4 is 24.5 Å². The molecule has 0 saturated carbocycles. The Bertz CT molecular complexity index is 870. The highest BCUT2D eigenvalue weighted by atomic mass is 16.5. The van der Waals surface area contributed by atoms with Crippen LogP contribution in [0.25, 0.3) is 0 Å². The van der Waals surface area contributed by atoms with Crippen LogP contribution in [-0.2, 0) is 30.2 Å². The molecule has 2 amide bonds. The topological polar surface area (TPSA) is 255 Å². The van der Waals surface area contributed by atoms with E-state index in [0.29, 0.717) is 51.2 Å². The van der Waals surface area contributed by atoms with Crippen LogP contribution in [0.4, 0.5) is 0 Å². The first-order valence-electron chi connectivity index (χ1n) is 14.7. The van der Waals surface area contributed by atoms with Crippen molar-refractivity contribution in [3.05, 3.63) is 35.4 Å². The molecule has 14 nitrogen and oxygen atoms in total. The number of amidine groups is 2. The maximum absolute atomic E-state index is 8.58. The average Bonchev–Trinajstić information content (AvgIpc) is 2.98. The molecule has 0 atom stereocenters. The number of nitrogens with one attached hydrogen (secondary N) is 1. The zero-order valence-corrected chi connectivity index (χ0v) is 27.8. The van der Waals surface area contributed by atoms with Crippen LogP contribution in [0, 0.1) is 10.8 Å². The normalized spacial score (nSPS) is 11.6. The predicted molar refractivity (Wildman–Crippen MR) is 180 cm³/mol. The minimum Gasteiger partial charge on any atom is -0.386 e. The average molecular weight is 628 g/mol. The summed E-state index contributed by atoms with van der Waals surface area (Å²) >= 11 is 0. The maximum Gasteiger partial charge on any atom is 0.204 e. The van der Waals surface area contributed by atoms with Gasteiger partial charge in [-0.15, -0.1) is 10.2 Å². The molecule has 1 rings (SSSR count). The van der Waals surface area contributed by atoms with Crippen molar-refractivity contribution in [2.45, 2.75) is 54.4 Å². The third-order valence-electron chi connectivity index (χ3n) is 5.39. The molecule has 0 unspecified atom stereocenters. The van der Waals surface area contributed by atoms with E-state index in [1.165, 1.54) is 5.56 Å². The fourth-order valence-corrected chi connectivity index (χ4v) is 2.95. The molecule has 13 N–H and O–H groups in total. The van der Waals surface area contributed by atoms with Gasteiger partial charge in [0.15, 0.2) is 5.84 Å². The van der Waals surface area contributed by atoms with Gasteiger partial charge >= 0.3 is 0 Å². The summed E-state index contributed by atoms with van der Waals surface area (Å²) in [4.78, 5) is 17.2. The highest BCUT2D eigenvalue weighted by molar-refractivity contribution is 5.97. The number of carbonyl (C=O) groups excluding carboxylic acids is 2. The van der Waals surface area contributed by atoms with Crippen LogP contribution < -0.4 is 39.7 Å². The number of nitrogens with zero attached hydrogens (tertiary/aromatic N) is 2. The second-order valence-corrected chi connectivity index (χ2v) is 11.1. The first-order chi connectivity index (χ1) is 20.8. The number of amides is 2. The van der Waals surface area contributed by atoms with E-state index in [1.54, 1.807) is 6.92 Å². The van der Waals surface area contributed by atoms with Crippen molar-refractivity contribution in [1.29, 1.82) is 0 Å². The molecule has 14 heteroatoms. The van der Waals surface area contributed by atoms with Crippen LogP contribution in [0.2, 0.25) is 0 Å². The number of hydrogen-bond donors (Lipinski definition) is 7. The quantitative estimate of drug-likeness (QED) is 0.0366. The van der Waals surface area contributed by atoms with Crippen molar-refractivity contribution in [2.75, 3.05) is 65.8 Å². The number of ether oxygens (including phenoxy) is 3. The summed E-state index contributed by atoms with van der Waals surface area (Å²) < 4.78 is 16.6. The molecule has 0 aromatic heterocycles. The summed E-state index contributed by atoms with van der Waals surface area (Å²) in [5.41, 5.74) is 32.7. The summed E-state index contributed by atoms with van der Waals surface area (Å²) in [6.45, 7) is 19.6. The number of carbonyl (C=O) groups is 2. The van der Waals surface area contributed by atoms with E-state index in [2.05, 4.69) is 61.6 Å². The number of aryl methyl sites for hydroxylation is 1. The first-order valence-corrected chi connectivity index (χ1v) is 14.7. The lowest BCUT2D eigenvalue weighted by molar-refractivity contribution is -0.107. The molecule has 1 aromatic rings. The summed E-state index contributed by atoms with van der Waals surface area (Å²) in [6, 6.07) is 7.91. The second-order valence-electron chi connectivity index (χ2n) is 11.1. The van der Waals surface area contributed by atoms with Crippen LogP contribution >= 0.6 is 0 Å². The van der Waals surface area contributed by atoms with Gasteiger partial charge in [-0.25, -0.2) is 0 Å². The van der Waals surface area contributed by atoms with E-state index >= 15 is 0 Å². The maximum atomic E-state index is 8.58. The van der Waals surface area contributed by atoms with Gasteiger partial charge in [0.05, 0.1) is 33.0 Å². The molecule has 0 saturated heterocycles. The Morgan fingerprint density at radius 1 is 0.841 bits per heavy atom. The largest absolute Gasteiger partial charge is 0.386 e. The molecule has 0 fully saturated rings. The van der Waals surface area contributed by atoms with Crippen molar-refractivity contribution in [3.63, 3.8) is 0 Å². The van der Waals surface area contributed by atoms with E-state index in [1.807, 2.05) is 24.3 Å². The Balaban J connectivity index is -0.000000682. The second kappa shape index (κ2) is 29.9. The zero-order chi connectivity index (χ0) is 34.3. The van der Waals surface area contributed by atoms with Crippen molar-refractivity contribution in [1.82, 2.24) is 5.32 Å². The molecule has 0 heterocycles. The number of primary amides is 2. The number of hydrogen-bond acceptors (Lipinski definition) is 10. The lowest BCUT2D eigenvalue weighted by atomic mass is 9.93. The predicted octanol–water partition coefficient (Wildman–Crippen LogP) is 0.435. The lowest BCUT2D eigenvalue weighted by Crippen LogP contribution is -2.36. The van der Waals surface area contributed by atoms with Gasteiger partial charge in [-0.1, -0.05) is 58.9 Å². The summed E-state index contributed by atoms with van der Waals surface area (Å²) in [5.74, 6) is 0.769. The number of benzene rings is 1. The molecule has 256 valence electrons. The van der Waals surface area contributed by atoms with E-state index in [9.17, 15) is 0 Å². The molecule has 0 aliphatic carbocycles. The standard InChI is InChI=1S/C17H39N3O3.C11H16N4.2CH3NO/c1-16(2,12-19)14-23-15-17(3,4)13-20-7-5-8-21-10-11-22-9-6-18;1-3-9-4-6-10(7-5-9)11(13)15-14-8(2)12;2*2-1-3/h20H,5-15,18-19H2,1-4H3;4-7H,3H2,1-2H3,(H2,12,14)(H2,13,15);2*1H,(H2,2,3). The Morgan fingerprint density at radius 2 is 1.36 bits per heavy atom. The van der Waals surface area contributed by atoms with Crippen LogP contribution in [-0.4, -0.2) is 90.3 Å². The third kappa shape index (κ3) is 31.8. The van der Waals surface area contributed by atoms with Gasteiger partial charge in [0.25, 0.3) is 0 Å². The van der Waals surface area contributed by atoms with Crippen molar-refractivity contribution < 1.29 is 23.8 Å². The van der Waals surface area contributed by atoms with Gasteiger partial charge in [-0.3, -0.25) is 9.59 Å². The fraction of sp³-hybridized carbons (Fsp3) is 0.667. The summed E-state index contributed by atoms with van der Waals surface area (Å²) in [6.07, 6.45) is 2.51. The Kier molecular flexibility index (Phi) is 30.8. The van der Waals surface area contributed by atoms with Gasteiger partial charge in [-0.2, -0.15) is 0 Å². The van der Waals surface area contributed by atoms with Gasteiger partial charge in [0.1, 0.15) is 5.84 Å². The monoisotopic (exact) mass is 627 g/mol. The highest BCUT2D eigenvalue weighted by Gasteiger charge is 2.21. The van der Waals surface area contributed by atoms with Crippen molar-refractivity contribution in [3.8, 4) is 0 Å². The summed E-state index contributed by atoms with van der Waals surface area (Å²) in [7, 11) is 0. The highest BCUT2D eigenvalue weighted by Crippen LogP contribution is 2.18.